The Labute approximate surface area is 208 Å². The maximum absolute atomic E-state index is 2.29. The van der Waals surface area contributed by atoms with Crippen molar-refractivity contribution in [2.24, 2.45) is 0 Å². The van der Waals surface area contributed by atoms with Gasteiger partial charge in [-0.2, -0.15) is 0 Å². The Balaban J connectivity index is 0. The van der Waals surface area contributed by atoms with Crippen molar-refractivity contribution < 1.29 is 42.9 Å². The van der Waals surface area contributed by atoms with Crippen molar-refractivity contribution in [3.8, 4) is 0 Å². The molecule has 0 bridgehead atoms. The summed E-state index contributed by atoms with van der Waals surface area (Å²) in [5.74, 6) is 0. The lowest BCUT2D eigenvalue weighted by Gasteiger charge is -2.35. The first-order chi connectivity index (χ1) is 13.5. The molecule has 172 valence electrons. The van der Waals surface area contributed by atoms with Gasteiger partial charge in [0.1, 0.15) is 13.1 Å². The van der Waals surface area contributed by atoms with E-state index in [1.54, 1.807) is 0 Å². The van der Waals surface area contributed by atoms with E-state index in [0.717, 1.165) is 0 Å². The number of hydrogen-bond donors (Lipinski definition) is 0. The van der Waals surface area contributed by atoms with Crippen LogP contribution in [0.5, 0.6) is 0 Å². The van der Waals surface area contributed by atoms with E-state index in [2.05, 4.69) is 102 Å². The zero-order valence-corrected chi connectivity index (χ0v) is 23.3. The third-order valence-electron chi connectivity index (χ3n) is 6.75. The van der Waals surface area contributed by atoms with Crippen LogP contribution in [0.25, 0.3) is 0 Å². The SMILES string of the molecule is CC[N+](CC)(CC)Cc1ccccc1.CC[N+](CC)(CC)Cc1ccccc1.[Br-].[Br-]. The van der Waals surface area contributed by atoms with Crippen molar-refractivity contribution in [2.45, 2.75) is 54.6 Å². The summed E-state index contributed by atoms with van der Waals surface area (Å²) < 4.78 is 2.40. The molecule has 0 aliphatic rings. The third kappa shape index (κ3) is 10.1. The van der Waals surface area contributed by atoms with Gasteiger partial charge in [0.05, 0.1) is 39.3 Å². The van der Waals surface area contributed by atoms with E-state index < -0.39 is 0 Å². The van der Waals surface area contributed by atoms with Crippen LogP contribution in [0.2, 0.25) is 0 Å². The fourth-order valence-corrected chi connectivity index (χ4v) is 3.95. The van der Waals surface area contributed by atoms with E-state index in [1.165, 1.54) is 72.5 Å². The molecule has 2 nitrogen and oxygen atoms in total. The van der Waals surface area contributed by atoms with Gasteiger partial charge in [-0.3, -0.25) is 0 Å². The van der Waals surface area contributed by atoms with Crippen molar-refractivity contribution in [2.75, 3.05) is 39.3 Å². The van der Waals surface area contributed by atoms with Gasteiger partial charge >= 0.3 is 0 Å². The van der Waals surface area contributed by atoms with Crippen molar-refractivity contribution >= 4 is 0 Å². The summed E-state index contributed by atoms with van der Waals surface area (Å²) in [6.07, 6.45) is 0. The molecule has 0 fully saturated rings. The van der Waals surface area contributed by atoms with Gasteiger partial charge in [0.25, 0.3) is 0 Å². The van der Waals surface area contributed by atoms with Crippen LogP contribution in [0.4, 0.5) is 0 Å². The monoisotopic (exact) mass is 542 g/mol. The topological polar surface area (TPSA) is 0 Å². The van der Waals surface area contributed by atoms with Crippen LogP contribution in [0.3, 0.4) is 0 Å². The minimum atomic E-state index is 0. The van der Waals surface area contributed by atoms with E-state index in [0.29, 0.717) is 0 Å². The smallest absolute Gasteiger partial charge is 0.104 e. The second-order valence-electron chi connectivity index (χ2n) is 7.87. The van der Waals surface area contributed by atoms with Crippen LogP contribution in [0.1, 0.15) is 52.7 Å². The number of halogens is 2. The lowest BCUT2D eigenvalue weighted by atomic mass is 10.2. The highest BCUT2D eigenvalue weighted by Crippen LogP contribution is 2.14. The Morgan fingerprint density at radius 2 is 0.667 bits per heavy atom. The van der Waals surface area contributed by atoms with Gasteiger partial charge in [0, 0.05) is 11.1 Å². The average Bonchev–Trinajstić information content (AvgIpc) is 2.78. The summed E-state index contributed by atoms with van der Waals surface area (Å²) in [5.41, 5.74) is 2.91. The maximum atomic E-state index is 2.29. The highest BCUT2D eigenvalue weighted by Gasteiger charge is 2.21. The van der Waals surface area contributed by atoms with Crippen LogP contribution in [0, 0.1) is 0 Å². The molecule has 0 heterocycles. The molecule has 0 aromatic heterocycles. The average molecular weight is 544 g/mol. The fraction of sp³-hybridized carbons (Fsp3) is 0.538. The summed E-state index contributed by atoms with van der Waals surface area (Å²) in [7, 11) is 0. The number of rotatable bonds is 10. The molecule has 2 aromatic rings. The fourth-order valence-electron chi connectivity index (χ4n) is 3.95. The lowest BCUT2D eigenvalue weighted by molar-refractivity contribution is -0.936. The van der Waals surface area contributed by atoms with Crippen molar-refractivity contribution in [1.29, 1.82) is 0 Å². The molecule has 2 aromatic carbocycles. The van der Waals surface area contributed by atoms with Crippen LogP contribution < -0.4 is 34.0 Å². The highest BCUT2D eigenvalue weighted by molar-refractivity contribution is 5.14. The molecular weight excluding hydrogens is 500 g/mol. The van der Waals surface area contributed by atoms with Gasteiger partial charge in [-0.1, -0.05) is 60.7 Å². The zero-order chi connectivity index (χ0) is 20.9. The van der Waals surface area contributed by atoms with Crippen LogP contribution in [-0.4, -0.2) is 48.2 Å². The predicted molar refractivity (Wildman–Crippen MR) is 124 cm³/mol. The number of quaternary nitrogens is 2. The van der Waals surface area contributed by atoms with E-state index in [-0.39, 0.29) is 34.0 Å². The number of hydrogen-bond acceptors (Lipinski definition) is 0. The van der Waals surface area contributed by atoms with E-state index >= 15 is 0 Å². The molecule has 0 atom stereocenters. The quantitative estimate of drug-likeness (QED) is 0.374. The zero-order valence-electron chi connectivity index (χ0n) is 20.1. The molecule has 0 amide bonds. The lowest BCUT2D eigenvalue weighted by Crippen LogP contribution is -3.00. The molecule has 0 N–H and O–H groups in total. The summed E-state index contributed by atoms with van der Waals surface area (Å²) in [6, 6.07) is 21.6. The van der Waals surface area contributed by atoms with Gasteiger partial charge in [0.2, 0.25) is 0 Å². The second-order valence-corrected chi connectivity index (χ2v) is 7.87. The molecule has 0 saturated carbocycles. The Bertz CT molecular complexity index is 550. The molecule has 0 aliphatic heterocycles. The van der Waals surface area contributed by atoms with Gasteiger partial charge < -0.3 is 42.9 Å². The first-order valence-electron chi connectivity index (χ1n) is 11.3. The molecule has 0 aliphatic carbocycles. The van der Waals surface area contributed by atoms with Crippen molar-refractivity contribution in [1.82, 2.24) is 0 Å². The minimum Gasteiger partial charge on any atom is -1.00 e. The minimum absolute atomic E-state index is 0. The summed E-state index contributed by atoms with van der Waals surface area (Å²) in [4.78, 5) is 0. The molecule has 0 unspecified atom stereocenters. The van der Waals surface area contributed by atoms with Gasteiger partial charge in [-0.25, -0.2) is 0 Å². The Kier molecular flexibility index (Phi) is 17.8. The Hall–Kier alpha value is -0.680. The normalized spacial score (nSPS) is 10.9. The van der Waals surface area contributed by atoms with Crippen LogP contribution >= 0.6 is 0 Å². The largest absolute Gasteiger partial charge is 1.00 e. The summed E-state index contributed by atoms with van der Waals surface area (Å²) >= 11 is 0. The Morgan fingerprint density at radius 3 is 0.867 bits per heavy atom. The molecular formula is C26H44Br2N2. The van der Waals surface area contributed by atoms with Gasteiger partial charge in [-0.15, -0.1) is 0 Å². The standard InChI is InChI=1S/2C13H22N.2BrH/c2*1-4-14(5-2,6-3)12-13-10-8-7-9-11-13;;/h2*7-11H,4-6,12H2,1-3H3;2*1H/q2*+1;;/p-2. The molecule has 30 heavy (non-hydrogen) atoms. The molecule has 2 rings (SSSR count). The van der Waals surface area contributed by atoms with E-state index in [4.69, 9.17) is 0 Å². The van der Waals surface area contributed by atoms with E-state index in [1.807, 2.05) is 0 Å². The highest BCUT2D eigenvalue weighted by atomic mass is 79.9. The first kappa shape index (κ1) is 31.5. The first-order valence-corrected chi connectivity index (χ1v) is 11.3. The van der Waals surface area contributed by atoms with Crippen LogP contribution in [0.15, 0.2) is 60.7 Å². The second kappa shape index (κ2) is 16.9. The molecule has 0 radical (unpaired) electrons. The summed E-state index contributed by atoms with van der Waals surface area (Å²) in [6.45, 7) is 23.4. The number of nitrogens with zero attached hydrogens (tertiary/aromatic N) is 2. The number of benzene rings is 2. The van der Waals surface area contributed by atoms with Crippen LogP contribution in [-0.2, 0) is 13.1 Å². The molecule has 4 heteroatoms. The maximum Gasteiger partial charge on any atom is 0.104 e. The van der Waals surface area contributed by atoms with Crippen molar-refractivity contribution in [3.63, 3.8) is 0 Å². The third-order valence-corrected chi connectivity index (χ3v) is 6.75. The van der Waals surface area contributed by atoms with E-state index in [9.17, 15) is 0 Å². The van der Waals surface area contributed by atoms with Gasteiger partial charge in [0.15, 0.2) is 0 Å². The Morgan fingerprint density at radius 1 is 0.433 bits per heavy atom. The van der Waals surface area contributed by atoms with Crippen molar-refractivity contribution in [3.05, 3.63) is 71.8 Å². The summed E-state index contributed by atoms with van der Waals surface area (Å²) in [5, 5.41) is 0. The molecule has 0 saturated heterocycles. The molecule has 0 spiro atoms. The van der Waals surface area contributed by atoms with Gasteiger partial charge in [-0.05, 0) is 41.5 Å². The predicted octanol–water partition coefficient (Wildman–Crippen LogP) is 0.134.